The van der Waals surface area contributed by atoms with E-state index in [2.05, 4.69) is 4.74 Å². The molecule has 18 heavy (non-hydrogen) atoms. The van der Waals surface area contributed by atoms with Gasteiger partial charge in [-0.15, -0.1) is 11.3 Å². The van der Waals surface area contributed by atoms with E-state index in [1.807, 2.05) is 24.4 Å². The van der Waals surface area contributed by atoms with Crippen LogP contribution in [0.2, 0.25) is 0 Å². The molecular formula is C13H17NO3S. The number of ether oxygens (including phenoxy) is 1. The molecule has 0 aliphatic heterocycles. The number of hydrogen-bond acceptors (Lipinski definition) is 4. The number of hydrogen-bond donors (Lipinski definition) is 0. The zero-order valence-electron chi connectivity index (χ0n) is 10.6. The van der Waals surface area contributed by atoms with E-state index in [1.54, 1.807) is 22.3 Å². The van der Waals surface area contributed by atoms with Crippen molar-refractivity contribution >= 4 is 29.3 Å². The molecule has 0 aliphatic rings. The molecule has 0 fully saturated rings. The third-order valence-electron chi connectivity index (χ3n) is 2.44. The van der Waals surface area contributed by atoms with Crippen molar-refractivity contribution in [3.8, 4) is 0 Å². The minimum absolute atomic E-state index is 0.0881. The lowest BCUT2D eigenvalue weighted by atomic mass is 10.3. The van der Waals surface area contributed by atoms with E-state index in [9.17, 15) is 9.59 Å². The molecule has 0 radical (unpaired) electrons. The lowest BCUT2D eigenvalue weighted by Gasteiger charge is -2.18. The van der Waals surface area contributed by atoms with Gasteiger partial charge in [0.15, 0.2) is 0 Å². The van der Waals surface area contributed by atoms with Crippen LogP contribution in [0.5, 0.6) is 0 Å². The Morgan fingerprint density at radius 3 is 2.83 bits per heavy atom. The van der Waals surface area contributed by atoms with Gasteiger partial charge in [0.25, 0.3) is 0 Å². The second kappa shape index (κ2) is 7.66. The van der Waals surface area contributed by atoms with Crippen molar-refractivity contribution in [2.24, 2.45) is 0 Å². The summed E-state index contributed by atoms with van der Waals surface area (Å²) in [5, 5.41) is 1.96. The molecular weight excluding hydrogens is 250 g/mol. The fraction of sp³-hybridized carbons (Fsp3) is 0.385. The molecule has 0 bridgehead atoms. The quantitative estimate of drug-likeness (QED) is 0.586. The fourth-order valence-electron chi connectivity index (χ4n) is 1.40. The van der Waals surface area contributed by atoms with Gasteiger partial charge in [0.05, 0.1) is 13.5 Å². The molecule has 0 unspecified atom stereocenters. The van der Waals surface area contributed by atoms with Crippen molar-refractivity contribution in [1.29, 1.82) is 0 Å². The summed E-state index contributed by atoms with van der Waals surface area (Å²) in [6, 6.07) is 3.88. The number of nitrogens with zero attached hydrogens (tertiary/aromatic N) is 1. The Hall–Kier alpha value is -1.62. The summed E-state index contributed by atoms with van der Waals surface area (Å²) in [6.45, 7) is 2.84. The van der Waals surface area contributed by atoms with Gasteiger partial charge >= 0.3 is 5.97 Å². The van der Waals surface area contributed by atoms with Crippen molar-refractivity contribution < 1.29 is 14.3 Å². The molecule has 0 saturated carbocycles. The largest absolute Gasteiger partial charge is 0.469 e. The van der Waals surface area contributed by atoms with Crippen LogP contribution in [-0.4, -0.2) is 37.0 Å². The van der Waals surface area contributed by atoms with E-state index in [1.165, 1.54) is 13.2 Å². The fourth-order valence-corrected chi connectivity index (χ4v) is 2.02. The van der Waals surface area contributed by atoms with Crippen LogP contribution >= 0.6 is 11.3 Å². The summed E-state index contributed by atoms with van der Waals surface area (Å²) in [7, 11) is 1.34. The summed E-state index contributed by atoms with van der Waals surface area (Å²) < 4.78 is 4.55. The molecule has 1 aromatic heterocycles. The summed E-state index contributed by atoms with van der Waals surface area (Å²) in [5.74, 6) is -0.390. The first kappa shape index (κ1) is 14.4. The topological polar surface area (TPSA) is 46.6 Å². The van der Waals surface area contributed by atoms with Gasteiger partial charge in [-0.1, -0.05) is 6.07 Å². The van der Waals surface area contributed by atoms with Crippen LogP contribution in [-0.2, 0) is 14.3 Å². The first-order valence-electron chi connectivity index (χ1n) is 5.74. The van der Waals surface area contributed by atoms with Crippen molar-refractivity contribution in [1.82, 2.24) is 4.90 Å². The second-order valence-corrected chi connectivity index (χ2v) is 4.57. The number of likely N-dealkylation sites (N-methyl/N-ethyl adjacent to an activating group) is 1. The SMILES string of the molecule is CCN(CCC(=O)OC)C(=O)/C=C/c1cccs1. The van der Waals surface area contributed by atoms with E-state index in [0.29, 0.717) is 13.1 Å². The van der Waals surface area contributed by atoms with Crippen LogP contribution in [0.15, 0.2) is 23.6 Å². The second-order valence-electron chi connectivity index (χ2n) is 3.59. The first-order valence-corrected chi connectivity index (χ1v) is 6.62. The molecule has 0 atom stereocenters. The van der Waals surface area contributed by atoms with Gasteiger partial charge in [-0.05, 0) is 24.4 Å². The summed E-state index contributed by atoms with van der Waals surface area (Å²) >= 11 is 1.57. The van der Waals surface area contributed by atoms with E-state index in [4.69, 9.17) is 0 Å². The molecule has 1 amide bonds. The first-order chi connectivity index (χ1) is 8.67. The van der Waals surface area contributed by atoms with Crippen molar-refractivity contribution in [3.63, 3.8) is 0 Å². The Labute approximate surface area is 111 Å². The highest BCUT2D eigenvalue weighted by molar-refractivity contribution is 7.10. The molecule has 0 spiro atoms. The zero-order chi connectivity index (χ0) is 13.4. The number of carbonyl (C=O) groups excluding carboxylic acids is 2. The lowest BCUT2D eigenvalue weighted by molar-refractivity contribution is -0.141. The highest BCUT2D eigenvalue weighted by atomic mass is 32.1. The minimum atomic E-state index is -0.302. The predicted octanol–water partition coefficient (Wildman–Crippen LogP) is 2.17. The summed E-state index contributed by atoms with van der Waals surface area (Å²) in [6.07, 6.45) is 3.54. The zero-order valence-corrected chi connectivity index (χ0v) is 11.4. The molecule has 0 N–H and O–H groups in total. The standard InChI is InChI=1S/C13H17NO3S/c1-3-14(9-8-13(16)17-2)12(15)7-6-11-5-4-10-18-11/h4-7,10H,3,8-9H2,1-2H3/b7-6+. The molecule has 5 heteroatoms. The number of carbonyl (C=O) groups is 2. The maximum atomic E-state index is 11.9. The number of methoxy groups -OCH3 is 1. The molecule has 4 nitrogen and oxygen atoms in total. The van der Waals surface area contributed by atoms with Gasteiger partial charge in [-0.2, -0.15) is 0 Å². The van der Waals surface area contributed by atoms with Gasteiger partial charge in [-0.25, -0.2) is 0 Å². The highest BCUT2D eigenvalue weighted by Gasteiger charge is 2.10. The maximum Gasteiger partial charge on any atom is 0.307 e. The number of amides is 1. The van der Waals surface area contributed by atoms with Crippen molar-refractivity contribution in [2.45, 2.75) is 13.3 Å². The maximum absolute atomic E-state index is 11.9. The average Bonchev–Trinajstić information content (AvgIpc) is 2.89. The Balaban J connectivity index is 2.49. The van der Waals surface area contributed by atoms with Crippen LogP contribution in [0, 0.1) is 0 Å². The summed E-state index contributed by atoms with van der Waals surface area (Å²) in [5.41, 5.74) is 0. The predicted molar refractivity (Wildman–Crippen MR) is 72.2 cm³/mol. The summed E-state index contributed by atoms with van der Waals surface area (Å²) in [4.78, 5) is 25.5. The van der Waals surface area contributed by atoms with E-state index >= 15 is 0 Å². The molecule has 0 saturated heterocycles. The third kappa shape index (κ3) is 4.71. The molecule has 0 aliphatic carbocycles. The Morgan fingerprint density at radius 2 is 2.28 bits per heavy atom. The Morgan fingerprint density at radius 1 is 1.50 bits per heavy atom. The number of esters is 1. The van der Waals surface area contributed by atoms with Gasteiger partial charge in [0, 0.05) is 24.0 Å². The van der Waals surface area contributed by atoms with Crippen LogP contribution in [0.1, 0.15) is 18.2 Å². The van der Waals surface area contributed by atoms with Gasteiger partial charge in [0.1, 0.15) is 0 Å². The van der Waals surface area contributed by atoms with E-state index < -0.39 is 0 Å². The van der Waals surface area contributed by atoms with Gasteiger partial charge in [0.2, 0.25) is 5.91 Å². The molecule has 98 valence electrons. The smallest absolute Gasteiger partial charge is 0.307 e. The highest BCUT2D eigenvalue weighted by Crippen LogP contribution is 2.10. The Bertz CT molecular complexity index is 412. The van der Waals surface area contributed by atoms with Gasteiger partial charge < -0.3 is 9.64 Å². The molecule has 0 aromatic carbocycles. The number of rotatable bonds is 6. The Kier molecular flexibility index (Phi) is 6.14. The normalized spacial score (nSPS) is 10.6. The van der Waals surface area contributed by atoms with E-state index in [0.717, 1.165) is 4.88 Å². The monoisotopic (exact) mass is 267 g/mol. The van der Waals surface area contributed by atoms with Gasteiger partial charge in [-0.3, -0.25) is 9.59 Å². The molecule has 1 heterocycles. The number of thiophene rings is 1. The van der Waals surface area contributed by atoms with E-state index in [-0.39, 0.29) is 18.3 Å². The van der Waals surface area contributed by atoms with Crippen LogP contribution in [0.25, 0.3) is 6.08 Å². The van der Waals surface area contributed by atoms with Crippen molar-refractivity contribution in [3.05, 3.63) is 28.5 Å². The van der Waals surface area contributed by atoms with Crippen LogP contribution < -0.4 is 0 Å². The van der Waals surface area contributed by atoms with Crippen LogP contribution in [0.3, 0.4) is 0 Å². The lowest BCUT2D eigenvalue weighted by Crippen LogP contribution is -2.31. The third-order valence-corrected chi connectivity index (χ3v) is 3.28. The van der Waals surface area contributed by atoms with Crippen LogP contribution in [0.4, 0.5) is 0 Å². The minimum Gasteiger partial charge on any atom is -0.469 e. The molecule has 1 aromatic rings. The molecule has 1 rings (SSSR count). The van der Waals surface area contributed by atoms with Crippen molar-refractivity contribution in [2.75, 3.05) is 20.2 Å². The average molecular weight is 267 g/mol.